The molecule has 0 aliphatic rings. The number of guanidine groups is 1. The second kappa shape index (κ2) is 11.4. The zero-order valence-electron chi connectivity index (χ0n) is 16.0. The summed E-state index contributed by atoms with van der Waals surface area (Å²) in [6, 6.07) is 5.87. The van der Waals surface area contributed by atoms with Gasteiger partial charge in [0, 0.05) is 38.6 Å². The summed E-state index contributed by atoms with van der Waals surface area (Å²) in [5, 5.41) is 10.7. The molecule has 0 aromatic carbocycles. The minimum atomic E-state index is 0.441. The lowest BCUT2D eigenvalue weighted by atomic mass is 9.99. The number of ether oxygens (including phenoxy) is 1. The highest BCUT2D eigenvalue weighted by atomic mass is 16.5. The second-order valence-corrected chi connectivity index (χ2v) is 6.07. The fourth-order valence-corrected chi connectivity index (χ4v) is 2.66. The largest absolute Gasteiger partial charge is 0.469 e. The molecule has 2 N–H and O–H groups in total. The van der Waals surface area contributed by atoms with E-state index >= 15 is 0 Å². The third kappa shape index (κ3) is 6.55. The molecule has 144 valence electrons. The Morgan fingerprint density at radius 2 is 2.04 bits per heavy atom. The predicted octanol–water partition coefficient (Wildman–Crippen LogP) is 3.10. The summed E-state index contributed by atoms with van der Waals surface area (Å²) in [7, 11) is 1.68. The number of aliphatic imine (C=N–C) groups is 1. The van der Waals surface area contributed by atoms with Gasteiger partial charge in [-0.2, -0.15) is 0 Å². The Balaban J connectivity index is 1.90. The number of rotatable bonds is 11. The van der Waals surface area contributed by atoms with Gasteiger partial charge >= 0.3 is 0 Å². The molecule has 0 fully saturated rings. The summed E-state index contributed by atoms with van der Waals surface area (Å²) in [4.78, 5) is 4.58. The SMILES string of the molecule is CCC(CC)c1cc(CN=C(NCCOC)NCCc2ccco2)on1. The van der Waals surface area contributed by atoms with Crippen LogP contribution in [0.4, 0.5) is 0 Å². The van der Waals surface area contributed by atoms with Crippen molar-refractivity contribution in [2.45, 2.75) is 45.6 Å². The maximum Gasteiger partial charge on any atom is 0.191 e. The van der Waals surface area contributed by atoms with Crippen LogP contribution in [-0.2, 0) is 17.7 Å². The average molecular weight is 362 g/mol. The summed E-state index contributed by atoms with van der Waals surface area (Å²) >= 11 is 0. The van der Waals surface area contributed by atoms with Crippen molar-refractivity contribution in [2.24, 2.45) is 4.99 Å². The molecule has 0 atom stereocenters. The predicted molar refractivity (Wildman–Crippen MR) is 101 cm³/mol. The van der Waals surface area contributed by atoms with E-state index in [1.807, 2.05) is 18.2 Å². The molecule has 0 spiro atoms. The van der Waals surface area contributed by atoms with Crippen molar-refractivity contribution in [3.8, 4) is 0 Å². The molecule has 2 aromatic heterocycles. The first-order valence-electron chi connectivity index (χ1n) is 9.25. The van der Waals surface area contributed by atoms with E-state index in [0.29, 0.717) is 31.6 Å². The quantitative estimate of drug-likeness (QED) is 0.363. The molecule has 2 rings (SSSR count). The van der Waals surface area contributed by atoms with Crippen LogP contribution in [0.5, 0.6) is 0 Å². The van der Waals surface area contributed by atoms with Crippen molar-refractivity contribution in [3.05, 3.63) is 41.7 Å². The number of hydrogen-bond acceptors (Lipinski definition) is 5. The third-order valence-electron chi connectivity index (χ3n) is 4.22. The molecular weight excluding hydrogens is 332 g/mol. The van der Waals surface area contributed by atoms with Crippen LogP contribution in [0.3, 0.4) is 0 Å². The zero-order valence-corrected chi connectivity index (χ0v) is 16.0. The summed E-state index contributed by atoms with van der Waals surface area (Å²) in [5.74, 6) is 2.88. The maximum atomic E-state index is 5.44. The third-order valence-corrected chi connectivity index (χ3v) is 4.22. The van der Waals surface area contributed by atoms with Crippen LogP contribution in [0.15, 0.2) is 38.4 Å². The topological polar surface area (TPSA) is 84.8 Å². The molecule has 0 bridgehead atoms. The second-order valence-electron chi connectivity index (χ2n) is 6.07. The lowest BCUT2D eigenvalue weighted by Gasteiger charge is -2.11. The monoisotopic (exact) mass is 362 g/mol. The van der Waals surface area contributed by atoms with Crippen molar-refractivity contribution in [3.63, 3.8) is 0 Å². The van der Waals surface area contributed by atoms with E-state index in [2.05, 4.69) is 34.6 Å². The summed E-state index contributed by atoms with van der Waals surface area (Å²) < 4.78 is 15.9. The molecule has 7 nitrogen and oxygen atoms in total. The Morgan fingerprint density at radius 3 is 2.73 bits per heavy atom. The summed E-state index contributed by atoms with van der Waals surface area (Å²) in [6.45, 7) is 6.79. The number of nitrogens with zero attached hydrogens (tertiary/aromatic N) is 2. The smallest absolute Gasteiger partial charge is 0.191 e. The van der Waals surface area contributed by atoms with Gasteiger partial charge in [-0.3, -0.25) is 0 Å². The van der Waals surface area contributed by atoms with E-state index in [4.69, 9.17) is 13.7 Å². The van der Waals surface area contributed by atoms with Gasteiger partial charge in [0.1, 0.15) is 12.3 Å². The molecule has 0 aliphatic carbocycles. The fourth-order valence-electron chi connectivity index (χ4n) is 2.66. The van der Waals surface area contributed by atoms with Crippen LogP contribution in [-0.4, -0.2) is 37.9 Å². The van der Waals surface area contributed by atoms with Gasteiger partial charge in [0.25, 0.3) is 0 Å². The zero-order chi connectivity index (χ0) is 18.6. The average Bonchev–Trinajstić information content (AvgIpc) is 3.33. The van der Waals surface area contributed by atoms with Crippen LogP contribution >= 0.6 is 0 Å². The van der Waals surface area contributed by atoms with Crippen LogP contribution in [0, 0.1) is 0 Å². The Kier molecular flexibility index (Phi) is 8.75. The van der Waals surface area contributed by atoms with Crippen molar-refractivity contribution in [1.82, 2.24) is 15.8 Å². The summed E-state index contributed by atoms with van der Waals surface area (Å²) in [6.07, 6.45) is 4.59. The van der Waals surface area contributed by atoms with E-state index in [1.54, 1.807) is 13.4 Å². The summed E-state index contributed by atoms with van der Waals surface area (Å²) in [5.41, 5.74) is 1.01. The van der Waals surface area contributed by atoms with Gasteiger partial charge in [-0.25, -0.2) is 4.99 Å². The first kappa shape index (κ1) is 20.0. The van der Waals surface area contributed by atoms with Crippen LogP contribution in [0.2, 0.25) is 0 Å². The Bertz CT molecular complexity index is 633. The minimum absolute atomic E-state index is 0.441. The Labute approximate surface area is 155 Å². The van der Waals surface area contributed by atoms with Gasteiger partial charge < -0.3 is 24.3 Å². The lowest BCUT2D eigenvalue weighted by Crippen LogP contribution is -2.40. The fraction of sp³-hybridized carbons (Fsp3) is 0.579. The minimum Gasteiger partial charge on any atom is -0.469 e. The number of methoxy groups -OCH3 is 1. The van der Waals surface area contributed by atoms with Gasteiger partial charge in [0.2, 0.25) is 0 Å². The molecule has 0 radical (unpaired) electrons. The van der Waals surface area contributed by atoms with Gasteiger partial charge in [0.05, 0.1) is 18.6 Å². The van der Waals surface area contributed by atoms with Crippen molar-refractivity contribution < 1.29 is 13.7 Å². The molecule has 0 aliphatic heterocycles. The van der Waals surface area contributed by atoms with Gasteiger partial charge in [-0.1, -0.05) is 19.0 Å². The van der Waals surface area contributed by atoms with Crippen LogP contribution in [0.1, 0.15) is 49.8 Å². The highest BCUT2D eigenvalue weighted by molar-refractivity contribution is 5.79. The van der Waals surface area contributed by atoms with Crippen molar-refractivity contribution >= 4 is 5.96 Å². The standard InChI is InChI=1S/C19H30N4O3/c1-4-15(5-2)18-13-17(26-23-18)14-22-19(21-10-12-24-3)20-9-8-16-7-6-11-25-16/h6-7,11,13,15H,4-5,8-10,12,14H2,1-3H3,(H2,20,21,22). The Morgan fingerprint density at radius 1 is 1.23 bits per heavy atom. The number of aromatic nitrogens is 1. The normalized spacial score (nSPS) is 11.9. The highest BCUT2D eigenvalue weighted by Gasteiger charge is 2.12. The van der Waals surface area contributed by atoms with E-state index in [-0.39, 0.29) is 0 Å². The Hall–Kier alpha value is -2.28. The van der Waals surface area contributed by atoms with Gasteiger partial charge in [-0.05, 0) is 25.0 Å². The molecule has 2 aromatic rings. The van der Waals surface area contributed by atoms with Gasteiger partial charge in [-0.15, -0.1) is 0 Å². The molecule has 0 amide bonds. The molecule has 0 saturated carbocycles. The first-order chi connectivity index (χ1) is 12.8. The molecule has 26 heavy (non-hydrogen) atoms. The molecular formula is C19H30N4O3. The van der Waals surface area contributed by atoms with Crippen LogP contribution < -0.4 is 10.6 Å². The highest BCUT2D eigenvalue weighted by Crippen LogP contribution is 2.22. The van der Waals surface area contributed by atoms with E-state index in [1.165, 1.54) is 0 Å². The molecule has 7 heteroatoms. The maximum absolute atomic E-state index is 5.44. The number of hydrogen-bond donors (Lipinski definition) is 2. The van der Waals surface area contributed by atoms with Crippen molar-refractivity contribution in [1.29, 1.82) is 0 Å². The van der Waals surface area contributed by atoms with E-state index < -0.39 is 0 Å². The van der Waals surface area contributed by atoms with Crippen molar-refractivity contribution in [2.75, 3.05) is 26.8 Å². The number of furan rings is 1. The van der Waals surface area contributed by atoms with E-state index in [9.17, 15) is 0 Å². The molecule has 2 heterocycles. The van der Waals surface area contributed by atoms with Gasteiger partial charge in [0.15, 0.2) is 11.7 Å². The lowest BCUT2D eigenvalue weighted by molar-refractivity contribution is 0.203. The molecule has 0 unspecified atom stereocenters. The first-order valence-corrected chi connectivity index (χ1v) is 9.25. The molecule has 0 saturated heterocycles. The number of nitrogens with one attached hydrogen (secondary N) is 2. The van der Waals surface area contributed by atoms with Crippen LogP contribution in [0.25, 0.3) is 0 Å². The van der Waals surface area contributed by atoms with E-state index in [0.717, 1.165) is 43.0 Å².